The summed E-state index contributed by atoms with van der Waals surface area (Å²) in [5.41, 5.74) is 1.57. The van der Waals surface area contributed by atoms with Gasteiger partial charge in [-0.2, -0.15) is 0 Å². The van der Waals surface area contributed by atoms with E-state index in [2.05, 4.69) is 31.4 Å². The molecular formula is C21H26FN5O2. The van der Waals surface area contributed by atoms with E-state index in [4.69, 9.17) is 4.74 Å². The van der Waals surface area contributed by atoms with Gasteiger partial charge in [0.15, 0.2) is 0 Å². The molecular weight excluding hydrogens is 373 g/mol. The number of piperazine rings is 1. The van der Waals surface area contributed by atoms with Crippen molar-refractivity contribution in [3.8, 4) is 5.75 Å². The number of azo groups is 1. The van der Waals surface area contributed by atoms with E-state index in [9.17, 15) is 9.18 Å². The Labute approximate surface area is 170 Å². The lowest BCUT2D eigenvalue weighted by molar-refractivity contribution is 0.241. The number of carbonyl (C=O) groups is 1. The second-order valence-corrected chi connectivity index (χ2v) is 6.76. The van der Waals surface area contributed by atoms with Gasteiger partial charge < -0.3 is 15.0 Å². The van der Waals surface area contributed by atoms with Crippen molar-refractivity contribution in [2.75, 3.05) is 51.3 Å². The number of nitrogens with one attached hydrogen (secondary N) is 1. The predicted octanol–water partition coefficient (Wildman–Crippen LogP) is 3.84. The molecule has 0 saturated carbocycles. The van der Waals surface area contributed by atoms with Crippen LogP contribution in [0.1, 0.15) is 6.42 Å². The Morgan fingerprint density at radius 1 is 1.10 bits per heavy atom. The average molecular weight is 399 g/mol. The van der Waals surface area contributed by atoms with E-state index in [1.807, 2.05) is 18.2 Å². The highest BCUT2D eigenvalue weighted by Gasteiger charge is 2.19. The molecule has 8 heteroatoms. The smallest absolute Gasteiger partial charge is 0.359 e. The normalized spacial score (nSPS) is 14.9. The van der Waals surface area contributed by atoms with Crippen molar-refractivity contribution < 1.29 is 13.9 Å². The van der Waals surface area contributed by atoms with Crippen LogP contribution in [-0.2, 0) is 0 Å². The zero-order valence-electron chi connectivity index (χ0n) is 16.6. The number of nitrogens with zero attached hydrogens (tertiary/aromatic N) is 4. The van der Waals surface area contributed by atoms with E-state index < -0.39 is 6.03 Å². The molecule has 7 nitrogen and oxygen atoms in total. The van der Waals surface area contributed by atoms with Crippen molar-refractivity contribution in [1.29, 1.82) is 0 Å². The Morgan fingerprint density at radius 2 is 1.83 bits per heavy atom. The fraction of sp³-hybridized carbons (Fsp3) is 0.381. The standard InChI is InChI=1S/C21H26FN5O2/c1-29-20-6-3-2-5-19(20)27-15-13-26(14-16-27)12-4-11-23-21(28)25-24-18-9-7-17(22)8-10-18/h2-3,5-10H,4,11-16H2,1H3,(H,23,28). The molecule has 1 saturated heterocycles. The van der Waals surface area contributed by atoms with E-state index in [-0.39, 0.29) is 5.82 Å². The molecule has 0 aromatic heterocycles. The predicted molar refractivity (Wildman–Crippen MR) is 111 cm³/mol. The molecule has 1 heterocycles. The first-order valence-electron chi connectivity index (χ1n) is 9.71. The number of halogens is 1. The molecule has 154 valence electrons. The minimum absolute atomic E-state index is 0.350. The highest BCUT2D eigenvalue weighted by Crippen LogP contribution is 2.28. The van der Waals surface area contributed by atoms with Crippen LogP contribution >= 0.6 is 0 Å². The van der Waals surface area contributed by atoms with Gasteiger partial charge in [-0.3, -0.25) is 4.90 Å². The highest BCUT2D eigenvalue weighted by atomic mass is 19.1. The Balaban J connectivity index is 1.33. The van der Waals surface area contributed by atoms with Gasteiger partial charge in [-0.05, 0) is 49.4 Å². The summed E-state index contributed by atoms with van der Waals surface area (Å²) in [4.78, 5) is 16.4. The van der Waals surface area contributed by atoms with E-state index in [0.717, 1.165) is 50.6 Å². The average Bonchev–Trinajstić information content (AvgIpc) is 2.77. The summed E-state index contributed by atoms with van der Waals surface area (Å²) in [6, 6.07) is 13.1. The van der Waals surface area contributed by atoms with Gasteiger partial charge in [0.25, 0.3) is 0 Å². The number of benzene rings is 2. The van der Waals surface area contributed by atoms with Crippen LogP contribution < -0.4 is 15.0 Å². The maximum Gasteiger partial charge on any atom is 0.359 e. The molecule has 29 heavy (non-hydrogen) atoms. The van der Waals surface area contributed by atoms with Crippen LogP contribution in [0.15, 0.2) is 58.8 Å². The lowest BCUT2D eigenvalue weighted by Crippen LogP contribution is -2.47. The van der Waals surface area contributed by atoms with Crippen LogP contribution in [0.3, 0.4) is 0 Å². The first kappa shape index (κ1) is 20.7. The molecule has 3 rings (SSSR count). The maximum absolute atomic E-state index is 12.8. The Hall–Kier alpha value is -3.00. The van der Waals surface area contributed by atoms with E-state index in [0.29, 0.717) is 12.2 Å². The summed E-state index contributed by atoms with van der Waals surface area (Å²) in [5, 5.41) is 10.1. The number of hydrogen-bond acceptors (Lipinski definition) is 5. The van der Waals surface area contributed by atoms with Gasteiger partial charge in [0.1, 0.15) is 11.6 Å². The summed E-state index contributed by atoms with van der Waals surface area (Å²) in [5.74, 6) is 0.551. The molecule has 1 N–H and O–H groups in total. The molecule has 0 aliphatic carbocycles. The molecule has 1 aliphatic heterocycles. The number of carbonyl (C=O) groups excluding carboxylic acids is 1. The lowest BCUT2D eigenvalue weighted by atomic mass is 10.2. The lowest BCUT2D eigenvalue weighted by Gasteiger charge is -2.36. The molecule has 0 spiro atoms. The largest absolute Gasteiger partial charge is 0.495 e. The topological polar surface area (TPSA) is 69.5 Å². The van der Waals surface area contributed by atoms with Gasteiger partial charge in [-0.25, -0.2) is 9.18 Å². The van der Waals surface area contributed by atoms with Gasteiger partial charge in [0.2, 0.25) is 0 Å². The van der Waals surface area contributed by atoms with Crippen LogP contribution in [-0.4, -0.2) is 57.3 Å². The summed E-state index contributed by atoms with van der Waals surface area (Å²) in [7, 11) is 1.70. The van der Waals surface area contributed by atoms with Crippen molar-refractivity contribution in [2.24, 2.45) is 10.2 Å². The monoisotopic (exact) mass is 399 g/mol. The van der Waals surface area contributed by atoms with Gasteiger partial charge in [-0.15, -0.1) is 5.11 Å². The molecule has 2 amide bonds. The van der Waals surface area contributed by atoms with Crippen molar-refractivity contribution in [1.82, 2.24) is 10.2 Å². The maximum atomic E-state index is 12.8. The number of methoxy groups -OCH3 is 1. The Morgan fingerprint density at radius 3 is 2.55 bits per heavy atom. The number of hydrogen-bond donors (Lipinski definition) is 1. The molecule has 1 fully saturated rings. The van der Waals surface area contributed by atoms with Gasteiger partial charge in [-0.1, -0.05) is 17.2 Å². The Bertz CT molecular complexity index is 820. The van der Waals surface area contributed by atoms with Crippen molar-refractivity contribution in [2.45, 2.75) is 6.42 Å². The number of anilines is 1. The number of urea groups is 1. The van der Waals surface area contributed by atoms with Crippen molar-refractivity contribution in [3.63, 3.8) is 0 Å². The number of para-hydroxylation sites is 2. The molecule has 1 aliphatic rings. The van der Waals surface area contributed by atoms with Crippen molar-refractivity contribution >= 4 is 17.4 Å². The van der Waals surface area contributed by atoms with E-state index >= 15 is 0 Å². The molecule has 0 bridgehead atoms. The van der Waals surface area contributed by atoms with Crippen LogP contribution in [0.4, 0.5) is 20.6 Å². The fourth-order valence-corrected chi connectivity index (χ4v) is 3.25. The van der Waals surface area contributed by atoms with E-state index in [1.54, 1.807) is 7.11 Å². The number of amides is 2. The number of ether oxygens (including phenoxy) is 1. The summed E-state index contributed by atoms with van der Waals surface area (Å²) < 4.78 is 18.3. The van der Waals surface area contributed by atoms with E-state index in [1.165, 1.54) is 24.3 Å². The third-order valence-corrected chi connectivity index (χ3v) is 4.81. The van der Waals surface area contributed by atoms with Crippen LogP contribution in [0.25, 0.3) is 0 Å². The first-order chi connectivity index (χ1) is 14.2. The van der Waals surface area contributed by atoms with Gasteiger partial charge in [0, 0.05) is 32.7 Å². The third-order valence-electron chi connectivity index (χ3n) is 4.81. The summed E-state index contributed by atoms with van der Waals surface area (Å²) in [6.45, 7) is 5.27. The molecule has 2 aromatic rings. The Kier molecular flexibility index (Phi) is 7.52. The SMILES string of the molecule is COc1ccccc1N1CCN(CCCNC(=O)N=Nc2ccc(F)cc2)CC1. The zero-order chi connectivity index (χ0) is 20.5. The second-order valence-electron chi connectivity index (χ2n) is 6.76. The van der Waals surface area contributed by atoms with Crippen LogP contribution in [0.5, 0.6) is 5.75 Å². The minimum Gasteiger partial charge on any atom is -0.495 e. The number of rotatable bonds is 7. The fourth-order valence-electron chi connectivity index (χ4n) is 3.25. The zero-order valence-corrected chi connectivity index (χ0v) is 16.6. The molecule has 2 aromatic carbocycles. The summed E-state index contributed by atoms with van der Waals surface area (Å²) >= 11 is 0. The highest BCUT2D eigenvalue weighted by molar-refractivity contribution is 5.74. The first-order valence-corrected chi connectivity index (χ1v) is 9.71. The molecule has 0 atom stereocenters. The van der Waals surface area contributed by atoms with Gasteiger partial charge >= 0.3 is 6.03 Å². The minimum atomic E-state index is -0.490. The van der Waals surface area contributed by atoms with Crippen LogP contribution in [0, 0.1) is 5.82 Å². The second kappa shape index (κ2) is 10.5. The molecule has 0 radical (unpaired) electrons. The quantitative estimate of drug-likeness (QED) is 0.567. The van der Waals surface area contributed by atoms with Gasteiger partial charge in [0.05, 0.1) is 18.5 Å². The molecule has 0 unspecified atom stereocenters. The third kappa shape index (κ3) is 6.25. The summed E-state index contributed by atoms with van der Waals surface area (Å²) in [6.07, 6.45) is 0.840. The van der Waals surface area contributed by atoms with Crippen molar-refractivity contribution in [3.05, 3.63) is 54.3 Å². The van der Waals surface area contributed by atoms with Crippen LogP contribution in [0.2, 0.25) is 0 Å².